The largest absolute Gasteiger partial charge is 0.479 e. The van der Waals surface area contributed by atoms with Gasteiger partial charge in [0, 0.05) is 26.2 Å². The second-order valence-electron chi connectivity index (χ2n) is 5.87. The van der Waals surface area contributed by atoms with Crippen LogP contribution in [0.25, 0.3) is 0 Å². The summed E-state index contributed by atoms with van der Waals surface area (Å²) in [7, 11) is 1.59. The number of nitrogens with zero attached hydrogens (tertiary/aromatic N) is 4. The molecule has 0 spiro atoms. The van der Waals surface area contributed by atoms with Gasteiger partial charge in [-0.2, -0.15) is 0 Å². The normalized spacial score (nSPS) is 15.8. The maximum Gasteiger partial charge on any atom is 0.410 e. The van der Waals surface area contributed by atoms with Gasteiger partial charge in [-0.05, 0) is 20.8 Å². The minimum Gasteiger partial charge on any atom is -0.479 e. The summed E-state index contributed by atoms with van der Waals surface area (Å²) < 4.78 is 10.6. The topological polar surface area (TPSA) is 67.8 Å². The number of ether oxygens (including phenoxy) is 2. The van der Waals surface area contributed by atoms with Gasteiger partial charge in [0.05, 0.1) is 13.3 Å². The minimum absolute atomic E-state index is 0.265. The smallest absolute Gasteiger partial charge is 0.410 e. The third-order valence-electron chi connectivity index (χ3n) is 3.12. The summed E-state index contributed by atoms with van der Waals surface area (Å²) in [6.45, 7) is 8.21. The Morgan fingerprint density at radius 2 is 1.90 bits per heavy atom. The summed E-state index contributed by atoms with van der Waals surface area (Å²) in [5, 5.41) is 0. The van der Waals surface area contributed by atoms with Crippen molar-refractivity contribution in [2.45, 2.75) is 26.4 Å². The fourth-order valence-corrected chi connectivity index (χ4v) is 2.14. The molecule has 2 heterocycles. The molecule has 0 aromatic carbocycles. The maximum absolute atomic E-state index is 12.0. The summed E-state index contributed by atoms with van der Waals surface area (Å²) in [6, 6.07) is 0. The first kappa shape index (κ1) is 15.3. The van der Waals surface area contributed by atoms with Crippen LogP contribution in [0.15, 0.2) is 12.5 Å². The van der Waals surface area contributed by atoms with Gasteiger partial charge in [0.1, 0.15) is 17.6 Å². The van der Waals surface area contributed by atoms with Gasteiger partial charge in [0.25, 0.3) is 0 Å². The molecule has 7 heteroatoms. The van der Waals surface area contributed by atoms with Gasteiger partial charge in [-0.15, -0.1) is 0 Å². The van der Waals surface area contributed by atoms with Crippen LogP contribution >= 0.6 is 0 Å². The molecule has 1 aliphatic rings. The van der Waals surface area contributed by atoms with Crippen LogP contribution in [0, 0.1) is 0 Å². The lowest BCUT2D eigenvalue weighted by Gasteiger charge is -2.36. The predicted molar refractivity (Wildman–Crippen MR) is 78.6 cm³/mol. The van der Waals surface area contributed by atoms with Crippen LogP contribution in [-0.2, 0) is 4.74 Å². The average molecular weight is 294 g/mol. The highest BCUT2D eigenvalue weighted by atomic mass is 16.6. The number of hydrogen-bond acceptors (Lipinski definition) is 6. The Morgan fingerprint density at radius 1 is 1.24 bits per heavy atom. The molecule has 0 atom stereocenters. The number of methoxy groups -OCH3 is 1. The Hall–Kier alpha value is -2.05. The summed E-state index contributed by atoms with van der Waals surface area (Å²) in [5.41, 5.74) is 0.383. The molecule has 2 rings (SSSR count). The number of anilines is 1. The maximum atomic E-state index is 12.0. The lowest BCUT2D eigenvalue weighted by Crippen LogP contribution is -2.50. The molecule has 0 radical (unpaired) electrons. The molecule has 1 fully saturated rings. The van der Waals surface area contributed by atoms with Gasteiger partial charge in [-0.3, -0.25) is 0 Å². The van der Waals surface area contributed by atoms with Crippen molar-refractivity contribution in [1.29, 1.82) is 0 Å². The summed E-state index contributed by atoms with van der Waals surface area (Å²) in [4.78, 5) is 24.0. The zero-order valence-corrected chi connectivity index (χ0v) is 13.0. The van der Waals surface area contributed by atoms with Crippen LogP contribution < -0.4 is 9.64 Å². The molecule has 116 valence electrons. The van der Waals surface area contributed by atoms with E-state index in [9.17, 15) is 4.79 Å². The van der Waals surface area contributed by atoms with E-state index < -0.39 is 5.60 Å². The molecule has 0 aliphatic carbocycles. The molecular weight excluding hydrogens is 272 g/mol. The Balaban J connectivity index is 1.96. The van der Waals surface area contributed by atoms with Crippen LogP contribution in [0.3, 0.4) is 0 Å². The lowest BCUT2D eigenvalue weighted by atomic mass is 10.2. The van der Waals surface area contributed by atoms with Gasteiger partial charge in [-0.25, -0.2) is 14.8 Å². The molecule has 0 N–H and O–H groups in total. The van der Waals surface area contributed by atoms with Crippen molar-refractivity contribution >= 4 is 11.8 Å². The number of rotatable bonds is 2. The average Bonchev–Trinajstić information content (AvgIpc) is 2.45. The van der Waals surface area contributed by atoms with Crippen molar-refractivity contribution in [2.24, 2.45) is 0 Å². The van der Waals surface area contributed by atoms with Crippen molar-refractivity contribution in [3.05, 3.63) is 12.5 Å². The highest BCUT2D eigenvalue weighted by Crippen LogP contribution is 2.25. The van der Waals surface area contributed by atoms with Gasteiger partial charge in [0.15, 0.2) is 0 Å². The second-order valence-corrected chi connectivity index (χ2v) is 5.87. The molecule has 1 aromatic rings. The Kier molecular flexibility index (Phi) is 4.50. The molecular formula is C14H22N4O3. The van der Waals surface area contributed by atoms with Crippen molar-refractivity contribution in [3.63, 3.8) is 0 Å². The minimum atomic E-state index is -0.468. The van der Waals surface area contributed by atoms with Gasteiger partial charge in [0.2, 0.25) is 5.88 Å². The van der Waals surface area contributed by atoms with E-state index in [2.05, 4.69) is 14.9 Å². The quantitative estimate of drug-likeness (QED) is 0.824. The third kappa shape index (κ3) is 3.96. The molecule has 0 saturated carbocycles. The van der Waals surface area contributed by atoms with Crippen molar-refractivity contribution in [3.8, 4) is 5.88 Å². The fraction of sp³-hybridized carbons (Fsp3) is 0.643. The van der Waals surface area contributed by atoms with Gasteiger partial charge < -0.3 is 19.3 Å². The number of carbonyl (C=O) groups excluding carboxylic acids is 1. The summed E-state index contributed by atoms with van der Waals surface area (Å²) >= 11 is 0. The molecule has 1 aliphatic heterocycles. The van der Waals surface area contributed by atoms with Crippen molar-refractivity contribution in [1.82, 2.24) is 14.9 Å². The van der Waals surface area contributed by atoms with E-state index in [0.717, 1.165) is 5.69 Å². The Morgan fingerprint density at radius 3 is 2.48 bits per heavy atom. The number of aromatic nitrogens is 2. The zero-order valence-electron chi connectivity index (χ0n) is 13.0. The van der Waals surface area contributed by atoms with E-state index in [1.165, 1.54) is 6.33 Å². The van der Waals surface area contributed by atoms with Crippen LogP contribution in [0.2, 0.25) is 0 Å². The fourth-order valence-electron chi connectivity index (χ4n) is 2.14. The first-order chi connectivity index (χ1) is 9.90. The summed E-state index contributed by atoms with van der Waals surface area (Å²) in [5.74, 6) is 0.552. The van der Waals surface area contributed by atoms with Crippen molar-refractivity contribution < 1.29 is 14.3 Å². The van der Waals surface area contributed by atoms with Crippen LogP contribution in [0.1, 0.15) is 20.8 Å². The predicted octanol–water partition coefficient (Wildman–Crippen LogP) is 1.54. The van der Waals surface area contributed by atoms with Crippen LogP contribution in [-0.4, -0.2) is 59.9 Å². The number of piperazine rings is 1. The number of amides is 1. The standard InChI is InChI=1S/C14H22N4O3/c1-14(2,3)21-13(19)18-7-5-17(6-8-18)11-9-15-10-16-12(11)20-4/h9-10H,5-8H2,1-4H3. The molecule has 1 aromatic heterocycles. The number of carbonyl (C=O) groups is 1. The van der Waals surface area contributed by atoms with E-state index in [1.54, 1.807) is 18.2 Å². The van der Waals surface area contributed by atoms with Crippen LogP contribution in [0.5, 0.6) is 5.88 Å². The highest BCUT2D eigenvalue weighted by Gasteiger charge is 2.27. The van der Waals surface area contributed by atoms with E-state index >= 15 is 0 Å². The molecule has 0 unspecified atom stereocenters. The van der Waals surface area contributed by atoms with Gasteiger partial charge >= 0.3 is 6.09 Å². The molecule has 1 amide bonds. The van der Waals surface area contributed by atoms with Crippen LogP contribution in [0.4, 0.5) is 10.5 Å². The van der Waals surface area contributed by atoms with E-state index in [4.69, 9.17) is 9.47 Å². The highest BCUT2D eigenvalue weighted by molar-refractivity contribution is 5.68. The third-order valence-corrected chi connectivity index (χ3v) is 3.12. The first-order valence-corrected chi connectivity index (χ1v) is 6.97. The molecule has 1 saturated heterocycles. The zero-order chi connectivity index (χ0) is 15.5. The first-order valence-electron chi connectivity index (χ1n) is 6.97. The van der Waals surface area contributed by atoms with E-state index in [1.807, 2.05) is 20.8 Å². The monoisotopic (exact) mass is 294 g/mol. The van der Waals surface area contributed by atoms with E-state index in [0.29, 0.717) is 32.1 Å². The van der Waals surface area contributed by atoms with E-state index in [-0.39, 0.29) is 6.09 Å². The number of hydrogen-bond donors (Lipinski definition) is 0. The molecule has 21 heavy (non-hydrogen) atoms. The lowest BCUT2D eigenvalue weighted by molar-refractivity contribution is 0.0240. The van der Waals surface area contributed by atoms with Crippen molar-refractivity contribution in [2.75, 3.05) is 38.2 Å². The molecule has 0 bridgehead atoms. The Labute approximate surface area is 124 Å². The SMILES string of the molecule is COc1ncncc1N1CCN(C(=O)OC(C)(C)C)CC1. The molecule has 7 nitrogen and oxygen atoms in total. The Bertz CT molecular complexity index is 493. The summed E-state index contributed by atoms with van der Waals surface area (Å²) in [6.07, 6.45) is 2.92. The second kappa shape index (κ2) is 6.15. The van der Waals surface area contributed by atoms with Gasteiger partial charge in [-0.1, -0.05) is 0 Å².